The predicted octanol–water partition coefficient (Wildman–Crippen LogP) is 2.56. The first-order valence-corrected chi connectivity index (χ1v) is 5.84. The van der Waals surface area contributed by atoms with Gasteiger partial charge in [-0.1, -0.05) is 18.5 Å². The Bertz CT molecular complexity index is 436. The van der Waals surface area contributed by atoms with Crippen LogP contribution in [-0.4, -0.2) is 28.6 Å². The fourth-order valence-electron chi connectivity index (χ4n) is 1.56. The average molecular weight is 235 g/mol. The Labute approximate surface area is 100 Å². The molecule has 0 spiro atoms. The molecular formula is C12H17N3O2. The summed E-state index contributed by atoms with van der Waals surface area (Å²) in [7, 11) is 2.05. The fraction of sp³-hybridized carbons (Fsp3) is 0.500. The van der Waals surface area contributed by atoms with E-state index in [0.717, 1.165) is 6.54 Å². The molecule has 0 aliphatic rings. The van der Waals surface area contributed by atoms with Crippen LogP contribution < -0.4 is 0 Å². The third-order valence-corrected chi connectivity index (χ3v) is 2.51. The largest absolute Gasteiger partial charge is 0.461 e. The lowest BCUT2D eigenvalue weighted by Gasteiger charge is -2.12. The molecule has 0 radical (unpaired) electrons. The Hall–Kier alpha value is -1.62. The van der Waals surface area contributed by atoms with Crippen LogP contribution in [0.25, 0.3) is 11.6 Å². The van der Waals surface area contributed by atoms with Crippen LogP contribution in [-0.2, 0) is 6.54 Å². The molecule has 0 N–H and O–H groups in total. The molecule has 92 valence electrons. The Morgan fingerprint density at radius 1 is 1.41 bits per heavy atom. The third-order valence-electron chi connectivity index (χ3n) is 2.51. The van der Waals surface area contributed by atoms with Crippen LogP contribution in [0.4, 0.5) is 0 Å². The number of hydrogen-bond acceptors (Lipinski definition) is 5. The Kier molecular flexibility index (Phi) is 3.93. The quantitative estimate of drug-likeness (QED) is 0.770. The molecule has 2 aromatic rings. The molecule has 0 fully saturated rings. The van der Waals surface area contributed by atoms with Crippen LogP contribution in [0.5, 0.6) is 0 Å². The summed E-state index contributed by atoms with van der Waals surface area (Å²) in [5.41, 5.74) is 0. The zero-order chi connectivity index (χ0) is 12.1. The first-order valence-electron chi connectivity index (χ1n) is 5.84. The van der Waals surface area contributed by atoms with Gasteiger partial charge in [0.2, 0.25) is 11.7 Å². The lowest BCUT2D eigenvalue weighted by molar-refractivity contribution is 0.264. The van der Waals surface area contributed by atoms with E-state index in [-0.39, 0.29) is 0 Å². The monoisotopic (exact) mass is 235 g/mol. The highest BCUT2D eigenvalue weighted by Crippen LogP contribution is 2.16. The van der Waals surface area contributed by atoms with Gasteiger partial charge < -0.3 is 8.94 Å². The number of rotatable bonds is 6. The SMILES string of the molecule is CCCCN(C)Cc1nc(-c2ccco2)no1. The fourth-order valence-corrected chi connectivity index (χ4v) is 1.56. The maximum atomic E-state index is 5.20. The molecule has 2 rings (SSSR count). The molecule has 0 atom stereocenters. The molecule has 17 heavy (non-hydrogen) atoms. The van der Waals surface area contributed by atoms with Gasteiger partial charge in [0.05, 0.1) is 12.8 Å². The van der Waals surface area contributed by atoms with E-state index < -0.39 is 0 Å². The molecular weight excluding hydrogens is 218 g/mol. The topological polar surface area (TPSA) is 55.3 Å². The van der Waals surface area contributed by atoms with Gasteiger partial charge in [0.1, 0.15) is 0 Å². The van der Waals surface area contributed by atoms with Crippen molar-refractivity contribution in [3.05, 3.63) is 24.3 Å². The number of furan rings is 1. The van der Waals surface area contributed by atoms with Crippen LogP contribution in [0.1, 0.15) is 25.7 Å². The summed E-state index contributed by atoms with van der Waals surface area (Å²) in [6.07, 6.45) is 3.96. The zero-order valence-corrected chi connectivity index (χ0v) is 10.2. The van der Waals surface area contributed by atoms with Crippen molar-refractivity contribution in [3.8, 4) is 11.6 Å². The van der Waals surface area contributed by atoms with E-state index in [9.17, 15) is 0 Å². The van der Waals surface area contributed by atoms with E-state index in [2.05, 4.69) is 22.0 Å². The molecule has 0 aliphatic carbocycles. The summed E-state index contributed by atoms with van der Waals surface area (Å²) in [4.78, 5) is 6.46. The molecule has 0 saturated carbocycles. The standard InChI is InChI=1S/C12H17N3O2/c1-3-4-7-15(2)9-11-13-12(14-17-11)10-6-5-8-16-10/h5-6,8H,3-4,7,9H2,1-2H3. The van der Waals surface area contributed by atoms with Crippen LogP contribution in [0.3, 0.4) is 0 Å². The smallest absolute Gasteiger partial charge is 0.241 e. The normalized spacial score (nSPS) is 11.2. The second-order valence-electron chi connectivity index (χ2n) is 4.08. The van der Waals surface area contributed by atoms with Crippen molar-refractivity contribution in [1.29, 1.82) is 0 Å². The predicted molar refractivity (Wildman–Crippen MR) is 63.2 cm³/mol. The molecule has 0 amide bonds. The van der Waals surface area contributed by atoms with Crippen LogP contribution >= 0.6 is 0 Å². The van der Waals surface area contributed by atoms with Crippen molar-refractivity contribution < 1.29 is 8.94 Å². The van der Waals surface area contributed by atoms with Crippen LogP contribution in [0, 0.1) is 0 Å². The van der Waals surface area contributed by atoms with E-state index in [1.165, 1.54) is 12.8 Å². The van der Waals surface area contributed by atoms with E-state index in [0.29, 0.717) is 24.0 Å². The molecule has 2 heterocycles. The lowest BCUT2D eigenvalue weighted by atomic mass is 10.3. The van der Waals surface area contributed by atoms with Gasteiger partial charge in [-0.2, -0.15) is 4.98 Å². The first-order chi connectivity index (χ1) is 8.29. The van der Waals surface area contributed by atoms with Gasteiger partial charge >= 0.3 is 0 Å². The lowest BCUT2D eigenvalue weighted by Crippen LogP contribution is -2.19. The van der Waals surface area contributed by atoms with Crippen molar-refractivity contribution in [2.24, 2.45) is 0 Å². The minimum absolute atomic E-state index is 0.508. The molecule has 0 aliphatic heterocycles. The van der Waals surface area contributed by atoms with E-state index in [4.69, 9.17) is 8.94 Å². The molecule has 0 unspecified atom stereocenters. The van der Waals surface area contributed by atoms with Gasteiger partial charge in [0, 0.05) is 0 Å². The highest BCUT2D eigenvalue weighted by Gasteiger charge is 2.11. The number of hydrogen-bond donors (Lipinski definition) is 0. The minimum Gasteiger partial charge on any atom is -0.461 e. The number of nitrogens with zero attached hydrogens (tertiary/aromatic N) is 3. The van der Waals surface area contributed by atoms with E-state index in [1.54, 1.807) is 12.3 Å². The maximum absolute atomic E-state index is 5.20. The number of unbranched alkanes of at least 4 members (excludes halogenated alkanes) is 1. The van der Waals surface area contributed by atoms with Gasteiger partial charge in [0.15, 0.2) is 5.76 Å². The summed E-state index contributed by atoms with van der Waals surface area (Å²) in [6, 6.07) is 3.62. The van der Waals surface area contributed by atoms with E-state index >= 15 is 0 Å². The van der Waals surface area contributed by atoms with E-state index in [1.807, 2.05) is 13.1 Å². The van der Waals surface area contributed by atoms with Gasteiger partial charge in [-0.3, -0.25) is 4.90 Å². The van der Waals surface area contributed by atoms with Crippen molar-refractivity contribution in [1.82, 2.24) is 15.0 Å². The highest BCUT2D eigenvalue weighted by molar-refractivity contribution is 5.44. The molecule has 5 heteroatoms. The summed E-state index contributed by atoms with van der Waals surface area (Å²) in [5, 5.41) is 3.89. The summed E-state index contributed by atoms with van der Waals surface area (Å²) < 4.78 is 10.4. The van der Waals surface area contributed by atoms with Crippen molar-refractivity contribution in [3.63, 3.8) is 0 Å². The van der Waals surface area contributed by atoms with Crippen molar-refractivity contribution in [2.45, 2.75) is 26.3 Å². The average Bonchev–Trinajstić information content (AvgIpc) is 2.95. The highest BCUT2D eigenvalue weighted by atomic mass is 16.5. The minimum atomic E-state index is 0.508. The molecule has 0 aromatic carbocycles. The summed E-state index contributed by atoms with van der Waals surface area (Å²) in [6.45, 7) is 3.89. The molecule has 2 aromatic heterocycles. The van der Waals surface area contributed by atoms with Gasteiger partial charge in [-0.15, -0.1) is 0 Å². The Balaban J connectivity index is 1.94. The van der Waals surface area contributed by atoms with Gasteiger partial charge in [0.25, 0.3) is 0 Å². The maximum Gasteiger partial charge on any atom is 0.241 e. The second kappa shape index (κ2) is 5.63. The molecule has 0 bridgehead atoms. The summed E-state index contributed by atoms with van der Waals surface area (Å²) >= 11 is 0. The van der Waals surface area contributed by atoms with Crippen LogP contribution in [0.15, 0.2) is 27.3 Å². The van der Waals surface area contributed by atoms with Crippen molar-refractivity contribution >= 4 is 0 Å². The molecule has 0 saturated heterocycles. The third kappa shape index (κ3) is 3.17. The van der Waals surface area contributed by atoms with Gasteiger partial charge in [-0.05, 0) is 32.1 Å². The van der Waals surface area contributed by atoms with Gasteiger partial charge in [-0.25, -0.2) is 0 Å². The first kappa shape index (κ1) is 11.9. The Morgan fingerprint density at radius 3 is 3.00 bits per heavy atom. The van der Waals surface area contributed by atoms with Crippen molar-refractivity contribution in [2.75, 3.05) is 13.6 Å². The zero-order valence-electron chi connectivity index (χ0n) is 10.2. The number of aromatic nitrogens is 2. The Morgan fingerprint density at radius 2 is 2.29 bits per heavy atom. The summed E-state index contributed by atoms with van der Waals surface area (Å²) in [5.74, 6) is 1.76. The van der Waals surface area contributed by atoms with Crippen LogP contribution in [0.2, 0.25) is 0 Å². The second-order valence-corrected chi connectivity index (χ2v) is 4.08. The molecule has 5 nitrogen and oxygen atoms in total.